The van der Waals surface area contributed by atoms with Crippen LogP contribution in [0.15, 0.2) is 47.8 Å². The minimum Gasteiger partial charge on any atom is -0.497 e. The zero-order valence-corrected chi connectivity index (χ0v) is 15.6. The topological polar surface area (TPSA) is 96.1 Å². The van der Waals surface area contributed by atoms with Gasteiger partial charge in [0.05, 0.1) is 12.8 Å². The summed E-state index contributed by atoms with van der Waals surface area (Å²) in [5.74, 6) is 0.0673. The van der Waals surface area contributed by atoms with Gasteiger partial charge in [-0.05, 0) is 54.6 Å². The number of methoxy groups -OCH3 is 1. The quantitative estimate of drug-likeness (QED) is 0.546. The zero-order valence-electron chi connectivity index (χ0n) is 14.8. The Hall–Kier alpha value is -3.13. The van der Waals surface area contributed by atoms with E-state index in [-0.39, 0.29) is 11.6 Å². The van der Waals surface area contributed by atoms with Gasteiger partial charge in [-0.15, -0.1) is 11.3 Å². The summed E-state index contributed by atoms with van der Waals surface area (Å²) in [6, 6.07) is 13.0. The number of H-pyrrole nitrogens is 1. The van der Waals surface area contributed by atoms with Gasteiger partial charge in [0.1, 0.15) is 11.4 Å². The Kier molecular flexibility index (Phi) is 6.22. The van der Waals surface area contributed by atoms with Crippen molar-refractivity contribution in [2.75, 3.05) is 7.11 Å². The third-order valence-electron chi connectivity index (χ3n) is 3.93. The number of nitrogens with zero attached hydrogens (tertiary/aromatic N) is 1. The lowest BCUT2D eigenvalue weighted by molar-refractivity contribution is -0.121. The number of aromatic amines is 1. The third-order valence-corrected chi connectivity index (χ3v) is 4.87. The largest absolute Gasteiger partial charge is 0.497 e. The summed E-state index contributed by atoms with van der Waals surface area (Å²) in [4.78, 5) is 25.2. The van der Waals surface area contributed by atoms with E-state index in [4.69, 9.17) is 4.74 Å². The summed E-state index contributed by atoms with van der Waals surface area (Å²) in [7, 11) is 1.60. The molecule has 2 amide bonds. The van der Waals surface area contributed by atoms with E-state index in [9.17, 15) is 9.59 Å². The smallest absolute Gasteiger partial charge is 0.287 e. The predicted molar refractivity (Wildman–Crippen MR) is 103 cm³/mol. The highest BCUT2D eigenvalue weighted by atomic mass is 32.1. The number of aryl methyl sites for hydroxylation is 1. The van der Waals surface area contributed by atoms with Gasteiger partial charge in [0.2, 0.25) is 5.91 Å². The second-order valence-corrected chi connectivity index (χ2v) is 6.86. The van der Waals surface area contributed by atoms with Crippen LogP contribution >= 0.6 is 11.3 Å². The number of carbonyl (C=O) groups is 2. The molecule has 0 aliphatic heterocycles. The highest BCUT2D eigenvalue weighted by molar-refractivity contribution is 7.09. The Bertz CT molecular complexity index is 888. The van der Waals surface area contributed by atoms with Gasteiger partial charge in [0.15, 0.2) is 0 Å². The molecule has 0 spiro atoms. The number of hydrazine groups is 1. The van der Waals surface area contributed by atoms with Crippen LogP contribution in [0.5, 0.6) is 5.75 Å². The van der Waals surface area contributed by atoms with Crippen molar-refractivity contribution >= 4 is 23.2 Å². The van der Waals surface area contributed by atoms with Crippen molar-refractivity contribution in [3.63, 3.8) is 0 Å². The van der Waals surface area contributed by atoms with E-state index in [1.54, 1.807) is 24.5 Å². The Labute approximate surface area is 160 Å². The number of rotatable bonds is 7. The van der Waals surface area contributed by atoms with Crippen LogP contribution in [0.3, 0.4) is 0 Å². The number of nitrogens with one attached hydrogen (secondary N) is 3. The standard InChI is InChI=1S/C19H20N4O3S/c1-26-14-9-7-13(8-10-14)16-12-17(21-20-16)19(25)23-22-18(24)6-2-4-15-5-3-11-27-15/h3,5,7-12H,2,4,6H2,1H3,(H,20,21)(H,22,24)(H,23,25). The summed E-state index contributed by atoms with van der Waals surface area (Å²) < 4.78 is 5.12. The summed E-state index contributed by atoms with van der Waals surface area (Å²) in [5.41, 5.74) is 6.57. The van der Waals surface area contributed by atoms with Crippen LogP contribution in [0, 0.1) is 0 Å². The Morgan fingerprint density at radius 2 is 2.00 bits per heavy atom. The molecule has 1 aromatic carbocycles. The molecular weight excluding hydrogens is 364 g/mol. The van der Waals surface area contributed by atoms with Gasteiger partial charge in [-0.3, -0.25) is 25.5 Å². The summed E-state index contributed by atoms with van der Waals surface area (Å²) in [5, 5.41) is 8.82. The molecule has 3 rings (SSSR count). The minimum atomic E-state index is -0.450. The van der Waals surface area contributed by atoms with Gasteiger partial charge in [-0.2, -0.15) is 5.10 Å². The monoisotopic (exact) mass is 384 g/mol. The maximum Gasteiger partial charge on any atom is 0.287 e. The van der Waals surface area contributed by atoms with Crippen molar-refractivity contribution in [3.05, 3.63) is 58.4 Å². The van der Waals surface area contributed by atoms with E-state index in [1.165, 1.54) is 4.88 Å². The van der Waals surface area contributed by atoms with E-state index in [2.05, 4.69) is 21.0 Å². The van der Waals surface area contributed by atoms with Crippen molar-refractivity contribution in [1.82, 2.24) is 21.0 Å². The number of hydrogen-bond acceptors (Lipinski definition) is 5. The summed E-state index contributed by atoms with van der Waals surface area (Å²) in [6.45, 7) is 0. The third kappa shape index (κ3) is 5.18. The molecule has 0 radical (unpaired) electrons. The lowest BCUT2D eigenvalue weighted by Gasteiger charge is -2.05. The number of carbonyl (C=O) groups excluding carboxylic acids is 2. The number of hydrogen-bond donors (Lipinski definition) is 3. The van der Waals surface area contributed by atoms with E-state index >= 15 is 0 Å². The number of amides is 2. The van der Waals surface area contributed by atoms with Crippen LogP contribution in [0.4, 0.5) is 0 Å². The fraction of sp³-hybridized carbons (Fsp3) is 0.211. The molecule has 3 N–H and O–H groups in total. The van der Waals surface area contributed by atoms with Crippen LogP contribution in [0.1, 0.15) is 28.2 Å². The molecular formula is C19H20N4O3S. The molecule has 0 aliphatic carbocycles. The summed E-state index contributed by atoms with van der Waals surface area (Å²) >= 11 is 1.67. The number of ether oxygens (including phenoxy) is 1. The second-order valence-electron chi connectivity index (χ2n) is 5.83. The fourth-order valence-electron chi connectivity index (χ4n) is 2.48. The van der Waals surface area contributed by atoms with Crippen molar-refractivity contribution in [1.29, 1.82) is 0 Å². The molecule has 0 saturated heterocycles. The highest BCUT2D eigenvalue weighted by Gasteiger charge is 2.12. The first kappa shape index (κ1) is 18.7. The van der Waals surface area contributed by atoms with Crippen molar-refractivity contribution in [3.8, 4) is 17.0 Å². The van der Waals surface area contributed by atoms with Crippen LogP contribution in [0.2, 0.25) is 0 Å². The number of thiophene rings is 1. The Balaban J connectivity index is 1.46. The predicted octanol–water partition coefficient (Wildman–Crippen LogP) is 2.93. The van der Waals surface area contributed by atoms with Gasteiger partial charge in [0, 0.05) is 16.9 Å². The zero-order chi connectivity index (χ0) is 19.1. The average Bonchev–Trinajstić information content (AvgIpc) is 3.38. The maximum absolute atomic E-state index is 12.1. The van der Waals surface area contributed by atoms with Crippen molar-refractivity contribution in [2.45, 2.75) is 19.3 Å². The normalized spacial score (nSPS) is 10.4. The maximum atomic E-state index is 12.1. The minimum absolute atomic E-state index is 0.227. The molecule has 7 nitrogen and oxygen atoms in total. The Morgan fingerprint density at radius 1 is 1.19 bits per heavy atom. The molecule has 0 unspecified atom stereocenters. The van der Waals surface area contributed by atoms with Gasteiger partial charge >= 0.3 is 0 Å². The first-order valence-electron chi connectivity index (χ1n) is 8.47. The van der Waals surface area contributed by atoms with Crippen LogP contribution in [-0.4, -0.2) is 29.1 Å². The molecule has 2 aromatic heterocycles. The molecule has 27 heavy (non-hydrogen) atoms. The molecule has 140 valence electrons. The van der Waals surface area contributed by atoms with E-state index in [1.807, 2.05) is 41.8 Å². The first-order chi connectivity index (χ1) is 13.2. The summed E-state index contributed by atoms with van der Waals surface area (Å²) in [6.07, 6.45) is 1.93. The first-order valence-corrected chi connectivity index (χ1v) is 9.35. The van der Waals surface area contributed by atoms with Gasteiger partial charge in [-0.25, -0.2) is 0 Å². The molecule has 8 heteroatoms. The SMILES string of the molecule is COc1ccc(-c2cc(C(=O)NNC(=O)CCCc3cccs3)[nH]n2)cc1. The van der Waals surface area contributed by atoms with E-state index in [0.29, 0.717) is 12.1 Å². The molecule has 3 aromatic rings. The van der Waals surface area contributed by atoms with Crippen molar-refractivity contribution < 1.29 is 14.3 Å². The number of benzene rings is 1. The number of aromatic nitrogens is 2. The van der Waals surface area contributed by atoms with E-state index in [0.717, 1.165) is 24.2 Å². The van der Waals surface area contributed by atoms with Gasteiger partial charge in [-0.1, -0.05) is 6.07 Å². The second kappa shape index (κ2) is 9.00. The van der Waals surface area contributed by atoms with Gasteiger partial charge in [0.25, 0.3) is 5.91 Å². The molecule has 0 atom stereocenters. The molecule has 0 saturated carbocycles. The molecule has 0 aliphatic rings. The highest BCUT2D eigenvalue weighted by Crippen LogP contribution is 2.21. The van der Waals surface area contributed by atoms with Crippen LogP contribution < -0.4 is 15.6 Å². The Morgan fingerprint density at radius 3 is 2.70 bits per heavy atom. The van der Waals surface area contributed by atoms with Crippen LogP contribution in [-0.2, 0) is 11.2 Å². The van der Waals surface area contributed by atoms with Gasteiger partial charge < -0.3 is 4.74 Å². The van der Waals surface area contributed by atoms with E-state index < -0.39 is 5.91 Å². The van der Waals surface area contributed by atoms with Crippen molar-refractivity contribution in [2.24, 2.45) is 0 Å². The molecule has 0 bridgehead atoms. The average molecular weight is 384 g/mol. The molecule has 2 heterocycles. The molecule has 0 fully saturated rings. The van der Waals surface area contributed by atoms with Crippen LogP contribution in [0.25, 0.3) is 11.3 Å². The lowest BCUT2D eigenvalue weighted by Crippen LogP contribution is -2.41. The lowest BCUT2D eigenvalue weighted by atomic mass is 10.1. The fourth-order valence-corrected chi connectivity index (χ4v) is 3.23.